The van der Waals surface area contributed by atoms with Crippen molar-refractivity contribution in [3.8, 4) is 0 Å². The minimum Gasteiger partial charge on any atom is -0.481 e. The van der Waals surface area contributed by atoms with Crippen LogP contribution in [0.1, 0.15) is 26.7 Å². The van der Waals surface area contributed by atoms with E-state index in [1.54, 1.807) is 0 Å². The Morgan fingerprint density at radius 1 is 1.58 bits per heavy atom. The van der Waals surface area contributed by atoms with Crippen molar-refractivity contribution in [1.82, 2.24) is 4.90 Å². The summed E-state index contributed by atoms with van der Waals surface area (Å²) in [5.41, 5.74) is 0. The molecule has 1 rings (SSSR count). The van der Waals surface area contributed by atoms with E-state index in [4.69, 9.17) is 5.11 Å². The summed E-state index contributed by atoms with van der Waals surface area (Å²) in [4.78, 5) is 12.6. The monoisotopic (exact) mass is 171 g/mol. The van der Waals surface area contributed by atoms with Gasteiger partial charge < -0.3 is 10.0 Å². The highest BCUT2D eigenvalue weighted by atomic mass is 16.4. The lowest BCUT2D eigenvalue weighted by Crippen LogP contribution is -2.50. The molecule has 0 unspecified atom stereocenters. The first-order valence-electron chi connectivity index (χ1n) is 4.55. The van der Waals surface area contributed by atoms with Gasteiger partial charge in [-0.05, 0) is 26.2 Å². The van der Waals surface area contributed by atoms with E-state index in [-0.39, 0.29) is 0 Å². The normalized spacial score (nSPS) is 19.6. The lowest BCUT2D eigenvalue weighted by atomic mass is 9.93. The van der Waals surface area contributed by atoms with Crippen LogP contribution in [0, 0.1) is 5.92 Å². The number of hydrogen-bond donors (Lipinski definition) is 1. The van der Waals surface area contributed by atoms with Crippen molar-refractivity contribution in [1.29, 1.82) is 0 Å². The number of hydrogen-bond acceptors (Lipinski definition) is 2. The van der Waals surface area contributed by atoms with Gasteiger partial charge in [0.1, 0.15) is 0 Å². The van der Waals surface area contributed by atoms with Gasteiger partial charge in [-0.2, -0.15) is 0 Å². The Labute approximate surface area is 73.4 Å². The first kappa shape index (κ1) is 9.52. The second-order valence-corrected chi connectivity index (χ2v) is 3.85. The number of likely N-dealkylation sites (tertiary alicyclic amines) is 1. The maximum atomic E-state index is 10.2. The molecule has 12 heavy (non-hydrogen) atoms. The van der Waals surface area contributed by atoms with Gasteiger partial charge in [0.05, 0.1) is 0 Å². The predicted molar refractivity (Wildman–Crippen MR) is 47.1 cm³/mol. The van der Waals surface area contributed by atoms with E-state index >= 15 is 0 Å². The Bertz CT molecular complexity index is 162. The van der Waals surface area contributed by atoms with E-state index in [1.807, 2.05) is 0 Å². The molecule has 0 bridgehead atoms. The molecule has 0 aromatic heterocycles. The number of carbonyl (C=O) groups is 1. The zero-order valence-electron chi connectivity index (χ0n) is 7.79. The van der Waals surface area contributed by atoms with Crippen molar-refractivity contribution in [2.75, 3.05) is 13.1 Å². The summed E-state index contributed by atoms with van der Waals surface area (Å²) in [5.74, 6) is -0.0403. The molecule has 0 saturated carbocycles. The fourth-order valence-corrected chi connectivity index (χ4v) is 1.54. The van der Waals surface area contributed by atoms with Crippen LogP contribution in [-0.2, 0) is 4.79 Å². The van der Waals surface area contributed by atoms with E-state index in [0.29, 0.717) is 18.4 Å². The van der Waals surface area contributed by atoms with Gasteiger partial charge in [-0.1, -0.05) is 0 Å². The second-order valence-electron chi connectivity index (χ2n) is 3.85. The van der Waals surface area contributed by atoms with Crippen LogP contribution in [0.25, 0.3) is 0 Å². The highest BCUT2D eigenvalue weighted by Crippen LogP contribution is 2.22. The first-order chi connectivity index (χ1) is 5.59. The topological polar surface area (TPSA) is 40.5 Å². The molecule has 1 fully saturated rings. The van der Waals surface area contributed by atoms with Crippen molar-refractivity contribution in [2.45, 2.75) is 32.7 Å². The molecular formula is C9H17NO2. The van der Waals surface area contributed by atoms with Gasteiger partial charge in [-0.15, -0.1) is 0 Å². The summed E-state index contributed by atoms with van der Waals surface area (Å²) in [5, 5.41) is 8.44. The molecule has 0 amide bonds. The minimum absolute atomic E-state index is 0.330. The van der Waals surface area contributed by atoms with Gasteiger partial charge in [-0.25, -0.2) is 0 Å². The van der Waals surface area contributed by atoms with E-state index in [0.717, 1.165) is 19.5 Å². The van der Waals surface area contributed by atoms with E-state index in [2.05, 4.69) is 18.7 Å². The first-order valence-corrected chi connectivity index (χ1v) is 4.55. The summed E-state index contributed by atoms with van der Waals surface area (Å²) in [6.45, 7) is 6.52. The molecule has 1 aliphatic rings. The molecule has 3 heteroatoms. The maximum Gasteiger partial charge on any atom is 0.303 e. The van der Waals surface area contributed by atoms with Gasteiger partial charge in [0.15, 0.2) is 0 Å². The minimum atomic E-state index is -0.669. The van der Waals surface area contributed by atoms with Crippen LogP contribution >= 0.6 is 0 Å². The van der Waals surface area contributed by atoms with Gasteiger partial charge in [0, 0.05) is 25.6 Å². The van der Waals surface area contributed by atoms with Crippen LogP contribution < -0.4 is 0 Å². The third kappa shape index (κ3) is 2.48. The van der Waals surface area contributed by atoms with Crippen molar-refractivity contribution in [3.63, 3.8) is 0 Å². The summed E-state index contributed by atoms with van der Waals surface area (Å²) in [6.07, 6.45) is 1.18. The van der Waals surface area contributed by atoms with Gasteiger partial charge >= 0.3 is 5.97 Å². The van der Waals surface area contributed by atoms with Crippen LogP contribution in [0.2, 0.25) is 0 Å². The largest absolute Gasteiger partial charge is 0.481 e. The Morgan fingerprint density at radius 3 is 2.58 bits per heavy atom. The van der Waals surface area contributed by atoms with E-state index in [9.17, 15) is 4.79 Å². The predicted octanol–water partition coefficient (Wildman–Crippen LogP) is 1.19. The third-order valence-corrected chi connectivity index (χ3v) is 2.48. The molecule has 1 heterocycles. The van der Waals surface area contributed by atoms with Crippen LogP contribution in [0.4, 0.5) is 0 Å². The quantitative estimate of drug-likeness (QED) is 0.690. The van der Waals surface area contributed by atoms with Gasteiger partial charge in [-0.3, -0.25) is 4.79 Å². The SMILES string of the molecule is CC(C)N1CC(CCC(=O)O)C1. The summed E-state index contributed by atoms with van der Waals surface area (Å²) in [7, 11) is 0. The molecule has 0 spiro atoms. The summed E-state index contributed by atoms with van der Waals surface area (Å²) >= 11 is 0. The van der Waals surface area contributed by atoms with Gasteiger partial charge in [0.2, 0.25) is 0 Å². The maximum absolute atomic E-state index is 10.2. The molecule has 0 radical (unpaired) electrons. The highest BCUT2D eigenvalue weighted by Gasteiger charge is 2.28. The molecule has 0 aromatic carbocycles. The van der Waals surface area contributed by atoms with Crippen molar-refractivity contribution in [2.24, 2.45) is 5.92 Å². The number of nitrogens with zero attached hydrogens (tertiary/aromatic N) is 1. The molecule has 3 nitrogen and oxygen atoms in total. The van der Waals surface area contributed by atoms with Crippen molar-refractivity contribution in [3.05, 3.63) is 0 Å². The van der Waals surface area contributed by atoms with Crippen LogP contribution in [0.5, 0.6) is 0 Å². The average Bonchev–Trinajstić information content (AvgIpc) is 1.82. The lowest BCUT2D eigenvalue weighted by molar-refractivity contribution is -0.137. The smallest absolute Gasteiger partial charge is 0.303 e. The summed E-state index contributed by atoms with van der Waals surface area (Å²) < 4.78 is 0. The molecular weight excluding hydrogens is 154 g/mol. The zero-order chi connectivity index (χ0) is 9.14. The molecule has 1 N–H and O–H groups in total. The van der Waals surface area contributed by atoms with Crippen molar-refractivity contribution < 1.29 is 9.90 Å². The van der Waals surface area contributed by atoms with E-state index in [1.165, 1.54) is 0 Å². The number of carboxylic acids is 1. The van der Waals surface area contributed by atoms with Crippen molar-refractivity contribution >= 4 is 5.97 Å². The van der Waals surface area contributed by atoms with Gasteiger partial charge in [0.25, 0.3) is 0 Å². The van der Waals surface area contributed by atoms with E-state index < -0.39 is 5.97 Å². The zero-order valence-corrected chi connectivity index (χ0v) is 7.79. The molecule has 0 atom stereocenters. The molecule has 0 aromatic rings. The Hall–Kier alpha value is -0.570. The lowest BCUT2D eigenvalue weighted by Gasteiger charge is -2.42. The number of aliphatic carboxylic acids is 1. The summed E-state index contributed by atoms with van der Waals surface area (Å²) in [6, 6.07) is 0.617. The molecule has 70 valence electrons. The average molecular weight is 171 g/mol. The number of carboxylic acid groups (broad SMARTS) is 1. The second kappa shape index (κ2) is 3.90. The Morgan fingerprint density at radius 2 is 2.17 bits per heavy atom. The standard InChI is InChI=1S/C9H17NO2/c1-7(2)10-5-8(6-10)3-4-9(11)12/h7-8H,3-6H2,1-2H3,(H,11,12). The fraction of sp³-hybridized carbons (Fsp3) is 0.889. The Balaban J connectivity index is 2.06. The fourth-order valence-electron chi connectivity index (χ4n) is 1.54. The van der Waals surface area contributed by atoms with Crippen LogP contribution in [0.15, 0.2) is 0 Å². The number of rotatable bonds is 4. The highest BCUT2D eigenvalue weighted by molar-refractivity contribution is 5.66. The van der Waals surface area contributed by atoms with Crippen LogP contribution in [-0.4, -0.2) is 35.1 Å². The van der Waals surface area contributed by atoms with Crippen LogP contribution in [0.3, 0.4) is 0 Å². The molecule has 1 saturated heterocycles. The molecule has 0 aliphatic carbocycles. The molecule has 1 aliphatic heterocycles. The Kier molecular flexibility index (Phi) is 3.09. The third-order valence-electron chi connectivity index (χ3n) is 2.48.